The summed E-state index contributed by atoms with van der Waals surface area (Å²) < 4.78 is 5.78. The van der Waals surface area contributed by atoms with Crippen LogP contribution in [0.1, 0.15) is 58.6 Å². The topological polar surface area (TPSA) is 21.3 Å². The van der Waals surface area contributed by atoms with Gasteiger partial charge >= 0.3 is 0 Å². The second-order valence-electron chi connectivity index (χ2n) is 4.94. The smallest absolute Gasteiger partial charge is 0.119 e. The number of hydrogen-bond donors (Lipinski definition) is 1. The second-order valence-corrected chi connectivity index (χ2v) is 4.94. The van der Waals surface area contributed by atoms with E-state index < -0.39 is 0 Å². The average molecular weight is 249 g/mol. The highest BCUT2D eigenvalue weighted by Crippen LogP contribution is 2.19. The molecule has 0 bridgehead atoms. The van der Waals surface area contributed by atoms with Crippen LogP contribution in [0, 0.1) is 0 Å². The molecule has 2 heteroatoms. The summed E-state index contributed by atoms with van der Waals surface area (Å²) in [6, 6.07) is 8.86. The van der Waals surface area contributed by atoms with Crippen molar-refractivity contribution in [1.82, 2.24) is 5.32 Å². The van der Waals surface area contributed by atoms with Gasteiger partial charge in [0.15, 0.2) is 0 Å². The van der Waals surface area contributed by atoms with Crippen LogP contribution in [0.25, 0.3) is 0 Å². The molecule has 0 amide bonds. The lowest BCUT2D eigenvalue weighted by Crippen LogP contribution is -2.19. The molecule has 0 saturated heterocycles. The highest BCUT2D eigenvalue weighted by molar-refractivity contribution is 5.29. The summed E-state index contributed by atoms with van der Waals surface area (Å²) in [6.07, 6.45) is 3.80. The van der Waals surface area contributed by atoms with Crippen molar-refractivity contribution in [2.45, 2.75) is 59.1 Å². The normalized spacial score (nSPS) is 14.2. The molecule has 2 nitrogen and oxygen atoms in total. The minimum Gasteiger partial charge on any atom is -0.491 e. The number of benzene rings is 1. The van der Waals surface area contributed by atoms with Gasteiger partial charge in [0.1, 0.15) is 5.75 Å². The molecule has 0 spiro atoms. The van der Waals surface area contributed by atoms with Crippen LogP contribution in [0.2, 0.25) is 0 Å². The number of nitrogens with one attached hydrogen (secondary N) is 1. The van der Waals surface area contributed by atoms with Crippen LogP contribution in [0.15, 0.2) is 24.3 Å². The minimum atomic E-state index is 0.288. The van der Waals surface area contributed by atoms with E-state index in [1.165, 1.54) is 18.4 Å². The van der Waals surface area contributed by atoms with Crippen LogP contribution in [-0.4, -0.2) is 12.6 Å². The first-order chi connectivity index (χ1) is 8.67. The summed E-state index contributed by atoms with van der Waals surface area (Å²) in [5.41, 5.74) is 1.32. The molecule has 0 saturated carbocycles. The lowest BCUT2D eigenvalue weighted by molar-refractivity contribution is 0.217. The Bertz CT molecular complexity index is 320. The predicted octanol–water partition coefficient (Wildman–Crippen LogP) is 4.31. The lowest BCUT2D eigenvalue weighted by Gasteiger charge is -2.16. The van der Waals surface area contributed by atoms with Gasteiger partial charge in [0.25, 0.3) is 0 Å². The van der Waals surface area contributed by atoms with Gasteiger partial charge in [-0.3, -0.25) is 0 Å². The van der Waals surface area contributed by atoms with Crippen LogP contribution < -0.4 is 10.1 Å². The van der Waals surface area contributed by atoms with E-state index in [-0.39, 0.29) is 6.10 Å². The van der Waals surface area contributed by atoms with Crippen molar-refractivity contribution in [3.8, 4) is 5.75 Å². The molecular weight excluding hydrogens is 222 g/mol. The van der Waals surface area contributed by atoms with Gasteiger partial charge in [-0.2, -0.15) is 0 Å². The zero-order valence-corrected chi connectivity index (χ0v) is 12.2. The first-order valence-electron chi connectivity index (χ1n) is 7.17. The average Bonchev–Trinajstić information content (AvgIpc) is 2.39. The highest BCUT2D eigenvalue weighted by Gasteiger charge is 2.05. The quantitative estimate of drug-likeness (QED) is 0.693. The summed E-state index contributed by atoms with van der Waals surface area (Å²) in [5, 5.41) is 3.53. The number of hydrogen-bond acceptors (Lipinski definition) is 2. The second kappa shape index (κ2) is 8.15. The zero-order valence-electron chi connectivity index (χ0n) is 12.2. The Morgan fingerprint density at radius 3 is 2.33 bits per heavy atom. The first kappa shape index (κ1) is 15.0. The third-order valence-corrected chi connectivity index (χ3v) is 3.27. The summed E-state index contributed by atoms with van der Waals surface area (Å²) in [4.78, 5) is 0. The Balaban J connectivity index is 2.48. The Morgan fingerprint density at radius 1 is 1.11 bits per heavy atom. The van der Waals surface area contributed by atoms with Crippen LogP contribution >= 0.6 is 0 Å². The van der Waals surface area contributed by atoms with E-state index in [0.29, 0.717) is 6.04 Å². The van der Waals surface area contributed by atoms with Crippen LogP contribution in [-0.2, 0) is 0 Å². The fourth-order valence-corrected chi connectivity index (χ4v) is 1.76. The molecule has 1 N–H and O–H groups in total. The van der Waals surface area contributed by atoms with Gasteiger partial charge in [0.05, 0.1) is 6.10 Å². The molecule has 0 fully saturated rings. The fraction of sp³-hybridized carbons (Fsp3) is 0.625. The number of ether oxygens (including phenoxy) is 1. The molecule has 0 radical (unpaired) electrons. The summed E-state index contributed by atoms with van der Waals surface area (Å²) >= 11 is 0. The van der Waals surface area contributed by atoms with Gasteiger partial charge < -0.3 is 10.1 Å². The molecule has 2 atom stereocenters. The SMILES string of the molecule is CCCCNC(C)c1ccc(OC(C)CC)cc1. The molecule has 1 aromatic rings. The molecule has 0 aliphatic carbocycles. The van der Waals surface area contributed by atoms with Gasteiger partial charge in [-0.15, -0.1) is 0 Å². The number of unbranched alkanes of at least 4 members (excludes halogenated alkanes) is 1. The Morgan fingerprint density at radius 2 is 1.78 bits per heavy atom. The summed E-state index contributed by atoms with van der Waals surface area (Å²) in [7, 11) is 0. The van der Waals surface area contributed by atoms with Gasteiger partial charge in [0.2, 0.25) is 0 Å². The minimum absolute atomic E-state index is 0.288. The predicted molar refractivity (Wildman–Crippen MR) is 78.1 cm³/mol. The Labute approximate surface area is 112 Å². The summed E-state index contributed by atoms with van der Waals surface area (Å²) in [6.45, 7) is 9.75. The lowest BCUT2D eigenvalue weighted by atomic mass is 10.1. The molecule has 0 aromatic heterocycles. The van der Waals surface area contributed by atoms with E-state index in [4.69, 9.17) is 4.74 Å². The van der Waals surface area contributed by atoms with Crippen molar-refractivity contribution < 1.29 is 4.74 Å². The third kappa shape index (κ3) is 5.09. The highest BCUT2D eigenvalue weighted by atomic mass is 16.5. The van der Waals surface area contributed by atoms with Crippen molar-refractivity contribution in [1.29, 1.82) is 0 Å². The zero-order chi connectivity index (χ0) is 13.4. The van der Waals surface area contributed by atoms with Crippen LogP contribution in [0.5, 0.6) is 5.75 Å². The van der Waals surface area contributed by atoms with E-state index in [1.807, 2.05) is 0 Å². The third-order valence-electron chi connectivity index (χ3n) is 3.27. The molecule has 1 rings (SSSR count). The van der Waals surface area contributed by atoms with Crippen molar-refractivity contribution in [3.63, 3.8) is 0 Å². The molecule has 18 heavy (non-hydrogen) atoms. The maximum atomic E-state index is 5.78. The van der Waals surface area contributed by atoms with Gasteiger partial charge in [-0.05, 0) is 50.9 Å². The van der Waals surface area contributed by atoms with Crippen LogP contribution in [0.4, 0.5) is 0 Å². The number of rotatable bonds is 8. The van der Waals surface area contributed by atoms with Crippen molar-refractivity contribution >= 4 is 0 Å². The van der Waals surface area contributed by atoms with Crippen molar-refractivity contribution in [2.24, 2.45) is 0 Å². The van der Waals surface area contributed by atoms with E-state index in [0.717, 1.165) is 18.7 Å². The molecule has 0 aliphatic heterocycles. The molecule has 2 unspecified atom stereocenters. The van der Waals surface area contributed by atoms with E-state index in [2.05, 4.69) is 57.3 Å². The standard InChI is InChI=1S/C16H27NO/c1-5-7-12-17-14(4)15-8-10-16(11-9-15)18-13(3)6-2/h8-11,13-14,17H,5-7,12H2,1-4H3. The van der Waals surface area contributed by atoms with Crippen LogP contribution in [0.3, 0.4) is 0 Å². The van der Waals surface area contributed by atoms with Crippen molar-refractivity contribution in [3.05, 3.63) is 29.8 Å². The maximum absolute atomic E-state index is 5.78. The van der Waals surface area contributed by atoms with Crippen molar-refractivity contribution in [2.75, 3.05) is 6.54 Å². The first-order valence-corrected chi connectivity index (χ1v) is 7.17. The molecule has 0 heterocycles. The van der Waals surface area contributed by atoms with Gasteiger partial charge in [0, 0.05) is 6.04 Å². The fourth-order valence-electron chi connectivity index (χ4n) is 1.76. The van der Waals surface area contributed by atoms with E-state index in [9.17, 15) is 0 Å². The van der Waals surface area contributed by atoms with E-state index >= 15 is 0 Å². The largest absolute Gasteiger partial charge is 0.491 e. The Hall–Kier alpha value is -1.02. The Kier molecular flexibility index (Phi) is 6.81. The van der Waals surface area contributed by atoms with Gasteiger partial charge in [-0.25, -0.2) is 0 Å². The monoisotopic (exact) mass is 249 g/mol. The summed E-state index contributed by atoms with van der Waals surface area (Å²) in [5.74, 6) is 0.967. The van der Waals surface area contributed by atoms with E-state index in [1.54, 1.807) is 0 Å². The molecule has 1 aromatic carbocycles. The van der Waals surface area contributed by atoms with Gasteiger partial charge in [-0.1, -0.05) is 32.4 Å². The molecule has 102 valence electrons. The maximum Gasteiger partial charge on any atom is 0.119 e. The molecular formula is C16H27NO. The molecule has 0 aliphatic rings.